The number of methoxy groups -OCH3 is 1. The van der Waals surface area contributed by atoms with Crippen molar-refractivity contribution in [3.8, 4) is 0 Å². The van der Waals surface area contributed by atoms with Gasteiger partial charge in [-0.15, -0.1) is 11.3 Å². The molecule has 0 saturated heterocycles. The van der Waals surface area contributed by atoms with Gasteiger partial charge in [0, 0.05) is 43.8 Å². The van der Waals surface area contributed by atoms with Crippen molar-refractivity contribution in [1.29, 1.82) is 0 Å². The maximum Gasteiger partial charge on any atom is 0.264 e. The van der Waals surface area contributed by atoms with Gasteiger partial charge in [0.05, 0.1) is 11.5 Å². The van der Waals surface area contributed by atoms with Crippen molar-refractivity contribution in [2.45, 2.75) is 19.9 Å². The van der Waals surface area contributed by atoms with E-state index in [1.807, 2.05) is 41.6 Å². The van der Waals surface area contributed by atoms with Gasteiger partial charge in [-0.05, 0) is 42.0 Å². The molecule has 2 heterocycles. The Labute approximate surface area is 210 Å². The van der Waals surface area contributed by atoms with Crippen LogP contribution < -0.4 is 0 Å². The number of thiophene rings is 1. The zero-order chi connectivity index (χ0) is 24.6. The number of aromatic nitrogens is 1. The minimum absolute atomic E-state index is 0.0137. The van der Waals surface area contributed by atoms with E-state index in [1.165, 1.54) is 27.8 Å². The summed E-state index contributed by atoms with van der Waals surface area (Å²) in [6.45, 7) is 3.84. The first-order chi connectivity index (χ1) is 17.0. The predicted molar refractivity (Wildman–Crippen MR) is 141 cm³/mol. The lowest BCUT2D eigenvalue weighted by Gasteiger charge is -2.27. The third kappa shape index (κ3) is 6.38. The lowest BCUT2D eigenvalue weighted by molar-refractivity contribution is -0.132. The lowest BCUT2D eigenvalue weighted by Crippen LogP contribution is -2.44. The number of fused-ring (bicyclic) bond motifs is 1. The van der Waals surface area contributed by atoms with Gasteiger partial charge in [0.25, 0.3) is 5.91 Å². The summed E-state index contributed by atoms with van der Waals surface area (Å²) in [6, 6.07) is 20.1. The number of hydrogen-bond donors (Lipinski definition) is 1. The van der Waals surface area contributed by atoms with Crippen molar-refractivity contribution >= 4 is 34.1 Å². The predicted octanol–water partition coefficient (Wildman–Crippen LogP) is 4.90. The quantitative estimate of drug-likeness (QED) is 0.326. The number of aromatic amines is 1. The van der Waals surface area contributed by atoms with Crippen LogP contribution >= 0.6 is 11.3 Å². The number of nitrogens with one attached hydrogen (secondary N) is 1. The number of nitrogens with zero attached hydrogens (tertiary/aromatic N) is 2. The highest BCUT2D eigenvalue weighted by Gasteiger charge is 2.23. The standard InChI is InChI=1S/C28H31N3O3S/c1-21-9-11-22(12-10-21)19-30(14-13-23-18-29-25-7-4-3-6-24(23)25)27(32)20-31(15-16-34-2)28(33)26-8-5-17-35-26/h3-12,17-18,29H,13-16,19-20H2,1-2H3. The van der Waals surface area contributed by atoms with Gasteiger partial charge < -0.3 is 19.5 Å². The number of amides is 2. The van der Waals surface area contributed by atoms with Crippen LogP contribution in [-0.2, 0) is 22.5 Å². The molecule has 0 saturated carbocycles. The van der Waals surface area contributed by atoms with E-state index in [0.29, 0.717) is 31.1 Å². The number of benzene rings is 2. The van der Waals surface area contributed by atoms with E-state index >= 15 is 0 Å². The van der Waals surface area contributed by atoms with Crippen LogP contribution in [-0.4, -0.2) is 59.9 Å². The summed E-state index contributed by atoms with van der Waals surface area (Å²) in [7, 11) is 1.60. The summed E-state index contributed by atoms with van der Waals surface area (Å²) in [5, 5.41) is 3.04. The molecule has 0 aliphatic rings. The molecule has 2 aromatic carbocycles. The van der Waals surface area contributed by atoms with Crippen LogP contribution in [0.25, 0.3) is 10.9 Å². The van der Waals surface area contributed by atoms with E-state index in [4.69, 9.17) is 4.74 Å². The molecule has 0 spiro atoms. The van der Waals surface area contributed by atoms with Gasteiger partial charge in [-0.3, -0.25) is 9.59 Å². The van der Waals surface area contributed by atoms with E-state index in [2.05, 4.69) is 41.4 Å². The average molecular weight is 490 g/mol. The number of aryl methyl sites for hydroxylation is 1. The summed E-state index contributed by atoms with van der Waals surface area (Å²) in [5.74, 6) is -0.219. The van der Waals surface area contributed by atoms with Crippen molar-refractivity contribution < 1.29 is 14.3 Å². The van der Waals surface area contributed by atoms with Crippen molar-refractivity contribution in [1.82, 2.24) is 14.8 Å². The molecule has 2 aromatic heterocycles. The Hall–Kier alpha value is -3.42. The smallest absolute Gasteiger partial charge is 0.264 e. The molecule has 4 rings (SSSR count). The Kier molecular flexibility index (Phi) is 8.34. The molecule has 1 N–H and O–H groups in total. The molecule has 0 atom stereocenters. The molecule has 0 radical (unpaired) electrons. The molecule has 0 bridgehead atoms. The highest BCUT2D eigenvalue weighted by atomic mass is 32.1. The van der Waals surface area contributed by atoms with Gasteiger partial charge in [0.2, 0.25) is 5.91 Å². The third-order valence-corrected chi connectivity index (χ3v) is 6.94. The fraction of sp³-hybridized carbons (Fsp3) is 0.286. The molecule has 2 amide bonds. The summed E-state index contributed by atoms with van der Waals surface area (Å²) in [4.78, 5) is 34.0. The molecular formula is C28H31N3O3S. The first-order valence-corrected chi connectivity index (χ1v) is 12.6. The number of rotatable bonds is 11. The van der Waals surface area contributed by atoms with E-state index < -0.39 is 0 Å². The highest BCUT2D eigenvalue weighted by Crippen LogP contribution is 2.19. The van der Waals surface area contributed by atoms with Crippen molar-refractivity contribution in [3.05, 3.63) is 93.8 Å². The molecule has 0 aliphatic carbocycles. The van der Waals surface area contributed by atoms with Crippen LogP contribution in [0.5, 0.6) is 0 Å². The number of carbonyl (C=O) groups is 2. The Bertz CT molecular complexity index is 1250. The second kappa shape index (κ2) is 11.8. The van der Waals surface area contributed by atoms with Crippen LogP contribution in [0.4, 0.5) is 0 Å². The van der Waals surface area contributed by atoms with Crippen molar-refractivity contribution in [2.24, 2.45) is 0 Å². The van der Waals surface area contributed by atoms with E-state index in [0.717, 1.165) is 17.5 Å². The van der Waals surface area contributed by atoms with Crippen LogP contribution in [0.15, 0.2) is 72.2 Å². The van der Waals surface area contributed by atoms with Gasteiger partial charge in [-0.25, -0.2) is 0 Å². The van der Waals surface area contributed by atoms with Gasteiger partial charge in [-0.2, -0.15) is 0 Å². The normalized spacial score (nSPS) is 11.0. The number of ether oxygens (including phenoxy) is 1. The maximum atomic E-state index is 13.6. The fourth-order valence-electron chi connectivity index (χ4n) is 4.07. The number of para-hydroxylation sites is 1. The topological polar surface area (TPSA) is 65.6 Å². The fourth-order valence-corrected chi connectivity index (χ4v) is 4.76. The van der Waals surface area contributed by atoms with E-state index in [9.17, 15) is 9.59 Å². The van der Waals surface area contributed by atoms with Crippen LogP contribution in [0, 0.1) is 6.92 Å². The molecule has 0 fully saturated rings. The van der Waals surface area contributed by atoms with E-state index in [1.54, 1.807) is 18.1 Å². The molecule has 4 aromatic rings. The van der Waals surface area contributed by atoms with Gasteiger partial charge in [0.1, 0.15) is 6.54 Å². The number of H-pyrrole nitrogens is 1. The van der Waals surface area contributed by atoms with Crippen LogP contribution in [0.1, 0.15) is 26.4 Å². The monoisotopic (exact) mass is 489 g/mol. The van der Waals surface area contributed by atoms with Crippen LogP contribution in [0.2, 0.25) is 0 Å². The third-order valence-electron chi connectivity index (χ3n) is 6.08. The molecule has 182 valence electrons. The molecule has 0 aliphatic heterocycles. The molecular weight excluding hydrogens is 458 g/mol. The number of hydrogen-bond acceptors (Lipinski definition) is 4. The summed E-state index contributed by atoms with van der Waals surface area (Å²) in [5.41, 5.74) is 4.51. The summed E-state index contributed by atoms with van der Waals surface area (Å²) < 4.78 is 5.21. The minimum atomic E-state index is -0.141. The molecule has 6 nitrogen and oxygen atoms in total. The maximum absolute atomic E-state index is 13.6. The molecule has 35 heavy (non-hydrogen) atoms. The van der Waals surface area contributed by atoms with Gasteiger partial charge in [0.15, 0.2) is 0 Å². The molecule has 7 heteroatoms. The molecule has 0 unspecified atom stereocenters. The Morgan fingerprint density at radius 3 is 2.51 bits per heavy atom. The summed E-state index contributed by atoms with van der Waals surface area (Å²) in [6.07, 6.45) is 2.74. The lowest BCUT2D eigenvalue weighted by atomic mass is 10.1. The van der Waals surface area contributed by atoms with Gasteiger partial charge >= 0.3 is 0 Å². The number of carbonyl (C=O) groups excluding carboxylic acids is 2. The Morgan fingerprint density at radius 1 is 0.971 bits per heavy atom. The van der Waals surface area contributed by atoms with Crippen LogP contribution in [0.3, 0.4) is 0 Å². The minimum Gasteiger partial charge on any atom is -0.383 e. The highest BCUT2D eigenvalue weighted by molar-refractivity contribution is 7.12. The first-order valence-electron chi connectivity index (χ1n) is 11.7. The summed E-state index contributed by atoms with van der Waals surface area (Å²) >= 11 is 1.38. The van der Waals surface area contributed by atoms with E-state index in [-0.39, 0.29) is 18.4 Å². The van der Waals surface area contributed by atoms with Crippen molar-refractivity contribution in [2.75, 3.05) is 33.4 Å². The van der Waals surface area contributed by atoms with Gasteiger partial charge in [-0.1, -0.05) is 54.1 Å². The Balaban J connectivity index is 1.52. The zero-order valence-corrected chi connectivity index (χ0v) is 21.0. The zero-order valence-electron chi connectivity index (χ0n) is 20.2. The Morgan fingerprint density at radius 2 is 1.77 bits per heavy atom. The van der Waals surface area contributed by atoms with Crippen molar-refractivity contribution in [3.63, 3.8) is 0 Å². The SMILES string of the molecule is COCCN(CC(=O)N(CCc1c[nH]c2ccccc12)Cc1ccc(C)cc1)C(=O)c1cccs1. The first kappa shape index (κ1) is 24.7. The average Bonchev–Trinajstić information content (AvgIpc) is 3.55. The second-order valence-electron chi connectivity index (χ2n) is 8.61. The second-order valence-corrected chi connectivity index (χ2v) is 9.55. The largest absolute Gasteiger partial charge is 0.383 e.